The molecule has 0 aliphatic heterocycles. The molecule has 0 aromatic carbocycles. The lowest BCUT2D eigenvalue weighted by Gasteiger charge is -1.58. The van der Waals surface area contributed by atoms with Crippen LogP contribution in [0.5, 0.6) is 0 Å². The fourth-order valence-corrected chi connectivity index (χ4v) is 0. The van der Waals surface area contributed by atoms with E-state index in [4.69, 9.17) is 1.43 Å². The fraction of sp³-hybridized carbons (Fsp3) is 0.500. The van der Waals surface area contributed by atoms with Gasteiger partial charge in [0.05, 0.1) is 6.61 Å². The largest absolute Gasteiger partial charge is 0.391 e. The van der Waals surface area contributed by atoms with Crippen molar-refractivity contribution >= 4 is 17.6 Å². The summed E-state index contributed by atoms with van der Waals surface area (Å²) in [5.74, 6) is 0. The fourth-order valence-electron chi connectivity index (χ4n) is 0. The molecule has 0 atom stereocenters. The van der Waals surface area contributed by atoms with Gasteiger partial charge in [-0.2, -0.15) is 0 Å². The van der Waals surface area contributed by atoms with Crippen LogP contribution in [0.2, 0.25) is 0 Å². The molecule has 0 aliphatic carbocycles. The third kappa shape index (κ3) is 2.05. The molecule has 0 aliphatic rings. The van der Waals surface area contributed by atoms with Crippen molar-refractivity contribution in [2.75, 3.05) is 6.61 Å². The van der Waals surface area contributed by atoms with Crippen molar-refractivity contribution in [2.24, 2.45) is 0 Å². The van der Waals surface area contributed by atoms with E-state index in [1.165, 1.54) is 5.37 Å². The summed E-state index contributed by atoms with van der Waals surface area (Å²) in [7, 11) is 0. The minimum atomic E-state index is 0.245. The van der Waals surface area contributed by atoms with Gasteiger partial charge in [0.1, 0.15) is 0 Å². The number of hydrogen-bond donors (Lipinski definition) is 1. The highest BCUT2D eigenvalue weighted by atomic mass is 32.1. The summed E-state index contributed by atoms with van der Waals surface area (Å²) in [6.07, 6.45) is 0. The monoisotopic (exact) mass is 77.0 g/mol. The Hall–Kier alpha value is 0.0500. The first-order chi connectivity index (χ1) is 2.41. The Bertz CT molecular complexity index is 30.8. The van der Waals surface area contributed by atoms with Gasteiger partial charge in [0, 0.05) is 5.37 Å². The Morgan fingerprint density at radius 2 is 3.25 bits per heavy atom. The number of hydrogen-bond acceptors (Lipinski definition) is 2. The molecule has 2 heteroatoms. The Kier molecular flexibility index (Phi) is 1.75. The molecule has 0 aromatic rings. The predicted octanol–water partition coefficient (Wildman–Crippen LogP) is -0.0216. The van der Waals surface area contributed by atoms with Gasteiger partial charge < -0.3 is 5.11 Å². The smallest absolute Gasteiger partial charge is 0.211 e. The van der Waals surface area contributed by atoms with E-state index in [1.54, 1.807) is 0 Å². The SMILES string of the molecule is [2H]OCC=S. The van der Waals surface area contributed by atoms with E-state index in [2.05, 4.69) is 17.3 Å². The molecule has 0 heterocycles. The van der Waals surface area contributed by atoms with Gasteiger partial charge in [0.15, 0.2) is 0 Å². The van der Waals surface area contributed by atoms with E-state index < -0.39 is 0 Å². The van der Waals surface area contributed by atoms with Crippen LogP contribution < -0.4 is 0 Å². The van der Waals surface area contributed by atoms with Gasteiger partial charge in [-0.1, -0.05) is 12.2 Å². The molecule has 0 saturated heterocycles. The molecule has 0 spiro atoms. The van der Waals surface area contributed by atoms with E-state index in [9.17, 15) is 0 Å². The van der Waals surface area contributed by atoms with Crippen LogP contribution in [-0.4, -0.2) is 18.5 Å². The molecule has 1 nitrogen and oxygen atoms in total. The summed E-state index contributed by atoms with van der Waals surface area (Å²) in [6.45, 7) is 0.245. The minimum absolute atomic E-state index is 0.245. The van der Waals surface area contributed by atoms with Gasteiger partial charge in [-0.3, -0.25) is 0 Å². The quantitative estimate of drug-likeness (QED) is 0.467. The summed E-state index contributed by atoms with van der Waals surface area (Å²) in [6, 6.07) is 0. The van der Waals surface area contributed by atoms with E-state index in [-0.39, 0.29) is 6.61 Å². The zero-order valence-corrected chi connectivity index (χ0v) is 2.92. The van der Waals surface area contributed by atoms with Crippen LogP contribution in [0.1, 0.15) is 0 Å². The highest BCUT2D eigenvalue weighted by Crippen LogP contribution is 1.39. The normalized spacial score (nSPS) is 9.50. The molecule has 24 valence electrons. The molecule has 0 rings (SSSR count). The van der Waals surface area contributed by atoms with Crippen molar-refractivity contribution < 1.29 is 5.11 Å². The van der Waals surface area contributed by atoms with E-state index in [1.807, 2.05) is 0 Å². The third-order valence-corrected chi connectivity index (χ3v) is 0.204. The molecule has 0 unspecified atom stereocenters. The molecule has 0 bridgehead atoms. The Morgan fingerprint density at radius 1 is 2.50 bits per heavy atom. The predicted molar refractivity (Wildman–Crippen MR) is 20.7 cm³/mol. The second kappa shape index (κ2) is 3.05. The first kappa shape index (κ1) is 2.30. The second-order valence-electron chi connectivity index (χ2n) is 0.333. The van der Waals surface area contributed by atoms with Gasteiger partial charge in [-0.15, -0.1) is 0 Å². The zero-order valence-electron chi connectivity index (χ0n) is 3.10. The Balaban J connectivity index is 2.40. The van der Waals surface area contributed by atoms with Crippen LogP contribution in [0.15, 0.2) is 0 Å². The van der Waals surface area contributed by atoms with Gasteiger partial charge in [0.2, 0.25) is 1.43 Å². The van der Waals surface area contributed by atoms with Crippen molar-refractivity contribution in [3.05, 3.63) is 0 Å². The molecule has 0 amide bonds. The maximum absolute atomic E-state index is 6.00. The summed E-state index contributed by atoms with van der Waals surface area (Å²) in [4.78, 5) is 0. The van der Waals surface area contributed by atoms with Crippen molar-refractivity contribution in [1.82, 2.24) is 0 Å². The van der Waals surface area contributed by atoms with E-state index in [0.29, 0.717) is 0 Å². The average molecular weight is 77.1 g/mol. The maximum Gasteiger partial charge on any atom is 0.211 e. The first-order valence-corrected chi connectivity index (χ1v) is 1.40. The average Bonchev–Trinajstić information content (AvgIpc) is 1.41. The first-order valence-electron chi connectivity index (χ1n) is 1.34. The third-order valence-electron chi connectivity index (χ3n) is 0.0680. The molecule has 0 radical (unpaired) electrons. The van der Waals surface area contributed by atoms with Gasteiger partial charge in [-0.25, -0.2) is 0 Å². The summed E-state index contributed by atoms with van der Waals surface area (Å²) in [5.41, 5.74) is 0. The topological polar surface area (TPSA) is 20.2 Å². The minimum Gasteiger partial charge on any atom is -0.391 e. The highest BCUT2D eigenvalue weighted by molar-refractivity contribution is 7.79. The van der Waals surface area contributed by atoms with Crippen LogP contribution in [0.4, 0.5) is 0 Å². The van der Waals surface area contributed by atoms with Gasteiger partial charge >= 0.3 is 0 Å². The van der Waals surface area contributed by atoms with Crippen molar-refractivity contribution in [3.8, 4) is 0 Å². The highest BCUT2D eigenvalue weighted by Gasteiger charge is 1.48. The van der Waals surface area contributed by atoms with Gasteiger partial charge in [-0.05, 0) is 0 Å². The van der Waals surface area contributed by atoms with Crippen molar-refractivity contribution in [3.63, 3.8) is 0 Å². The molecule has 0 fully saturated rings. The summed E-state index contributed by atoms with van der Waals surface area (Å²) in [5, 5.41) is 5.14. The molecule has 4 heavy (non-hydrogen) atoms. The van der Waals surface area contributed by atoms with Gasteiger partial charge in [0.25, 0.3) is 0 Å². The van der Waals surface area contributed by atoms with Crippen LogP contribution in [0.25, 0.3) is 0 Å². The molecule has 1 N–H and O–H groups in total. The maximum atomic E-state index is 6.00. The Morgan fingerprint density at radius 3 is 3.25 bits per heavy atom. The molecular weight excluding hydrogens is 72.1 g/mol. The lowest BCUT2D eigenvalue weighted by atomic mass is 10.9. The lowest BCUT2D eigenvalue weighted by Crippen LogP contribution is -1.72. The molecule has 0 aromatic heterocycles. The summed E-state index contributed by atoms with van der Waals surface area (Å²) < 4.78 is 6.00. The number of aliphatic hydroxyl groups excluding tert-OH is 1. The van der Waals surface area contributed by atoms with Crippen LogP contribution >= 0.6 is 12.2 Å². The van der Waals surface area contributed by atoms with Crippen LogP contribution in [-0.2, 0) is 0 Å². The van der Waals surface area contributed by atoms with E-state index >= 15 is 0 Å². The lowest BCUT2D eigenvalue weighted by molar-refractivity contribution is 0.363. The summed E-state index contributed by atoms with van der Waals surface area (Å²) >= 11 is 4.28. The van der Waals surface area contributed by atoms with Crippen molar-refractivity contribution in [1.29, 1.82) is 1.43 Å². The standard InChI is InChI=1S/C2H4OS/c3-1-2-4/h2-3H,1H2/i3D. The van der Waals surface area contributed by atoms with Crippen LogP contribution in [0, 0.1) is 0 Å². The molecule has 0 saturated carbocycles. The van der Waals surface area contributed by atoms with Crippen molar-refractivity contribution in [2.45, 2.75) is 0 Å². The number of thiocarbonyl (C=S) groups is 1. The number of rotatable bonds is 2. The van der Waals surface area contributed by atoms with Crippen LogP contribution in [0.3, 0.4) is 0 Å². The zero-order chi connectivity index (χ0) is 4.12. The molecular formula is C2H4OS. The Labute approximate surface area is 31.7 Å². The number of aliphatic hydroxyl groups is 1. The second-order valence-corrected chi connectivity index (χ2v) is 0.667. The van der Waals surface area contributed by atoms with E-state index in [0.717, 1.165) is 0 Å².